The molecule has 0 aliphatic carbocycles. The van der Waals surface area contributed by atoms with Gasteiger partial charge in [-0.25, -0.2) is 0 Å². The summed E-state index contributed by atoms with van der Waals surface area (Å²) in [6, 6.07) is 17.4. The first-order valence-electron chi connectivity index (χ1n) is 12.1. The third-order valence-electron chi connectivity index (χ3n) is 5.92. The molecule has 0 bridgehead atoms. The number of hydrogen-bond acceptors (Lipinski definition) is 5. The Hall–Kier alpha value is -3.81. The van der Waals surface area contributed by atoms with E-state index in [2.05, 4.69) is 10.4 Å². The third kappa shape index (κ3) is 7.34. The van der Waals surface area contributed by atoms with Crippen molar-refractivity contribution in [1.82, 2.24) is 14.7 Å². The highest BCUT2D eigenvalue weighted by Crippen LogP contribution is 2.19. The van der Waals surface area contributed by atoms with Crippen LogP contribution in [0, 0.1) is 6.92 Å². The van der Waals surface area contributed by atoms with Crippen molar-refractivity contribution < 1.29 is 19.1 Å². The molecule has 0 spiro atoms. The standard InChI is InChI=1S/C27H32N4O4/c1-21-9-5-6-13-25(21)34-16-14-26(32)29-22-17-28-31(18-22)20-27(33)30-15-8-7-12-24(19-30)35-23-10-3-2-4-11-23/h2-6,9-11,13,17-18,24H,7-8,12,14-16,19-20H2,1H3,(H,29,32). The van der Waals surface area contributed by atoms with Crippen molar-refractivity contribution in [1.29, 1.82) is 0 Å². The van der Waals surface area contributed by atoms with E-state index in [0.29, 0.717) is 18.8 Å². The van der Waals surface area contributed by atoms with Gasteiger partial charge in [0.05, 0.1) is 31.5 Å². The number of rotatable bonds is 9. The van der Waals surface area contributed by atoms with Gasteiger partial charge < -0.3 is 19.7 Å². The molecule has 1 saturated heterocycles. The van der Waals surface area contributed by atoms with E-state index in [9.17, 15) is 9.59 Å². The van der Waals surface area contributed by atoms with Crippen LogP contribution in [0.4, 0.5) is 5.69 Å². The molecule has 2 heterocycles. The summed E-state index contributed by atoms with van der Waals surface area (Å²) in [5.74, 6) is 1.42. The van der Waals surface area contributed by atoms with E-state index in [1.54, 1.807) is 17.1 Å². The van der Waals surface area contributed by atoms with Gasteiger partial charge in [-0.1, -0.05) is 36.4 Å². The topological polar surface area (TPSA) is 85.7 Å². The third-order valence-corrected chi connectivity index (χ3v) is 5.92. The molecule has 2 aromatic carbocycles. The molecular weight excluding hydrogens is 444 g/mol. The van der Waals surface area contributed by atoms with E-state index >= 15 is 0 Å². The fraction of sp³-hybridized carbons (Fsp3) is 0.370. The van der Waals surface area contributed by atoms with Gasteiger partial charge in [-0.3, -0.25) is 14.3 Å². The summed E-state index contributed by atoms with van der Waals surface area (Å²) in [6.45, 7) is 3.63. The summed E-state index contributed by atoms with van der Waals surface area (Å²) in [7, 11) is 0. The van der Waals surface area contributed by atoms with Crippen molar-refractivity contribution in [2.75, 3.05) is 25.0 Å². The number of para-hydroxylation sites is 2. The molecule has 4 rings (SSSR count). The smallest absolute Gasteiger partial charge is 0.244 e. The van der Waals surface area contributed by atoms with Crippen LogP contribution in [0.5, 0.6) is 11.5 Å². The van der Waals surface area contributed by atoms with Crippen molar-refractivity contribution in [3.8, 4) is 11.5 Å². The lowest BCUT2D eigenvalue weighted by molar-refractivity contribution is -0.132. The van der Waals surface area contributed by atoms with Gasteiger partial charge in [0.2, 0.25) is 11.8 Å². The summed E-state index contributed by atoms with van der Waals surface area (Å²) in [5.41, 5.74) is 1.58. The summed E-state index contributed by atoms with van der Waals surface area (Å²) >= 11 is 0. The Morgan fingerprint density at radius 2 is 1.89 bits per heavy atom. The molecule has 1 fully saturated rings. The van der Waals surface area contributed by atoms with Gasteiger partial charge in [-0.05, 0) is 49.9 Å². The molecule has 35 heavy (non-hydrogen) atoms. The van der Waals surface area contributed by atoms with E-state index < -0.39 is 0 Å². The Bertz CT molecular complexity index is 1120. The molecule has 1 aromatic heterocycles. The van der Waals surface area contributed by atoms with Gasteiger partial charge >= 0.3 is 0 Å². The second kappa shape index (κ2) is 12.1. The fourth-order valence-electron chi connectivity index (χ4n) is 4.07. The Morgan fingerprint density at radius 3 is 2.71 bits per heavy atom. The van der Waals surface area contributed by atoms with Crippen LogP contribution in [0.25, 0.3) is 0 Å². The SMILES string of the molecule is Cc1ccccc1OCCC(=O)Nc1cnn(CC(=O)N2CCCCC(Oc3ccccc3)C2)c1. The molecule has 2 amide bonds. The minimum Gasteiger partial charge on any atom is -0.493 e. The number of benzene rings is 2. The number of carbonyl (C=O) groups is 2. The maximum atomic E-state index is 13.0. The minimum atomic E-state index is -0.169. The number of nitrogens with zero attached hydrogens (tertiary/aromatic N) is 3. The average Bonchev–Trinajstić information content (AvgIpc) is 3.14. The van der Waals surface area contributed by atoms with Crippen molar-refractivity contribution in [3.63, 3.8) is 0 Å². The first-order chi connectivity index (χ1) is 17.1. The predicted molar refractivity (Wildman–Crippen MR) is 133 cm³/mol. The van der Waals surface area contributed by atoms with E-state index in [1.807, 2.05) is 66.4 Å². The zero-order chi connectivity index (χ0) is 24.5. The second-order valence-corrected chi connectivity index (χ2v) is 8.73. The number of hydrogen-bond donors (Lipinski definition) is 1. The van der Waals surface area contributed by atoms with Crippen LogP contribution in [0.1, 0.15) is 31.2 Å². The number of anilines is 1. The molecule has 3 aromatic rings. The van der Waals surface area contributed by atoms with Gasteiger partial charge in [-0.2, -0.15) is 5.10 Å². The molecule has 1 atom stereocenters. The van der Waals surface area contributed by atoms with Crippen molar-refractivity contribution in [2.24, 2.45) is 0 Å². The minimum absolute atomic E-state index is 0.0128. The van der Waals surface area contributed by atoms with Crippen LogP contribution in [0.15, 0.2) is 67.0 Å². The number of aromatic nitrogens is 2. The van der Waals surface area contributed by atoms with Gasteiger partial charge in [0.1, 0.15) is 24.1 Å². The normalized spacial score (nSPS) is 15.8. The van der Waals surface area contributed by atoms with Gasteiger partial charge in [0.15, 0.2) is 0 Å². The number of carbonyl (C=O) groups excluding carboxylic acids is 2. The molecule has 184 valence electrons. The van der Waals surface area contributed by atoms with Crippen LogP contribution in [0.3, 0.4) is 0 Å². The number of ether oxygens (including phenoxy) is 2. The lowest BCUT2D eigenvalue weighted by Gasteiger charge is -2.25. The molecule has 0 saturated carbocycles. The Morgan fingerprint density at radius 1 is 1.09 bits per heavy atom. The van der Waals surface area contributed by atoms with E-state index in [1.165, 1.54) is 0 Å². The van der Waals surface area contributed by atoms with Crippen LogP contribution in [0.2, 0.25) is 0 Å². The van der Waals surface area contributed by atoms with E-state index in [-0.39, 0.29) is 37.5 Å². The van der Waals surface area contributed by atoms with Gasteiger partial charge in [0.25, 0.3) is 0 Å². The summed E-state index contributed by atoms with van der Waals surface area (Å²) < 4.78 is 13.3. The quantitative estimate of drug-likeness (QED) is 0.503. The highest BCUT2D eigenvalue weighted by atomic mass is 16.5. The van der Waals surface area contributed by atoms with Crippen molar-refractivity contribution in [3.05, 3.63) is 72.6 Å². The molecule has 1 N–H and O–H groups in total. The van der Waals surface area contributed by atoms with Crippen molar-refractivity contribution >= 4 is 17.5 Å². The van der Waals surface area contributed by atoms with Gasteiger partial charge in [0, 0.05) is 12.7 Å². The Labute approximate surface area is 205 Å². The summed E-state index contributed by atoms with van der Waals surface area (Å²) in [4.78, 5) is 27.1. The van der Waals surface area contributed by atoms with Crippen LogP contribution >= 0.6 is 0 Å². The van der Waals surface area contributed by atoms with E-state index in [0.717, 1.165) is 36.3 Å². The number of likely N-dealkylation sites (tertiary alicyclic amines) is 1. The van der Waals surface area contributed by atoms with Crippen LogP contribution in [-0.4, -0.2) is 52.3 Å². The van der Waals surface area contributed by atoms with E-state index in [4.69, 9.17) is 9.47 Å². The largest absolute Gasteiger partial charge is 0.493 e. The number of nitrogens with one attached hydrogen (secondary N) is 1. The molecule has 8 nitrogen and oxygen atoms in total. The first-order valence-corrected chi connectivity index (χ1v) is 12.1. The molecule has 1 aliphatic rings. The van der Waals surface area contributed by atoms with Crippen molar-refractivity contribution in [2.45, 2.75) is 45.3 Å². The highest BCUT2D eigenvalue weighted by Gasteiger charge is 2.23. The fourth-order valence-corrected chi connectivity index (χ4v) is 4.07. The van der Waals surface area contributed by atoms with Crippen LogP contribution in [-0.2, 0) is 16.1 Å². The first kappa shape index (κ1) is 24.3. The van der Waals surface area contributed by atoms with Gasteiger partial charge in [-0.15, -0.1) is 0 Å². The zero-order valence-electron chi connectivity index (χ0n) is 20.1. The molecule has 0 radical (unpaired) electrons. The monoisotopic (exact) mass is 476 g/mol. The maximum Gasteiger partial charge on any atom is 0.244 e. The van der Waals surface area contributed by atoms with Crippen LogP contribution < -0.4 is 14.8 Å². The highest BCUT2D eigenvalue weighted by molar-refractivity contribution is 5.90. The molecule has 1 aliphatic heterocycles. The lowest BCUT2D eigenvalue weighted by atomic mass is 10.2. The number of amides is 2. The lowest BCUT2D eigenvalue weighted by Crippen LogP contribution is -2.40. The Balaban J connectivity index is 1.24. The number of aryl methyl sites for hydroxylation is 1. The average molecular weight is 477 g/mol. The summed E-state index contributed by atoms with van der Waals surface area (Å²) in [6.07, 6.45) is 6.31. The molecule has 1 unspecified atom stereocenters. The zero-order valence-corrected chi connectivity index (χ0v) is 20.1. The molecule has 8 heteroatoms. The maximum absolute atomic E-state index is 13.0. The Kier molecular flexibility index (Phi) is 8.38. The molecular formula is C27H32N4O4. The predicted octanol–water partition coefficient (Wildman–Crippen LogP) is 4.06. The summed E-state index contributed by atoms with van der Waals surface area (Å²) in [5, 5.41) is 7.06. The second-order valence-electron chi connectivity index (χ2n) is 8.73.